The Bertz CT molecular complexity index is 1130. The number of nitrogens with zero attached hydrogens (tertiary/aromatic N) is 1. The lowest BCUT2D eigenvalue weighted by Gasteiger charge is -2.27. The molecule has 0 atom stereocenters. The first-order valence-electron chi connectivity index (χ1n) is 9.33. The minimum Gasteiger partial charge on any atom is -0.357 e. The highest BCUT2D eigenvalue weighted by Gasteiger charge is 2.24. The monoisotopic (exact) mass is 352 g/mol. The first-order chi connectivity index (χ1) is 13.3. The van der Waals surface area contributed by atoms with Crippen LogP contribution in [0, 0.1) is 0 Å². The van der Waals surface area contributed by atoms with E-state index in [0.29, 0.717) is 6.54 Å². The van der Waals surface area contributed by atoms with Crippen molar-refractivity contribution < 1.29 is 4.79 Å². The van der Waals surface area contributed by atoms with E-state index >= 15 is 0 Å². The molecule has 1 amide bonds. The van der Waals surface area contributed by atoms with Crippen molar-refractivity contribution in [3.05, 3.63) is 95.7 Å². The molecule has 2 heterocycles. The lowest BCUT2D eigenvalue weighted by molar-refractivity contribution is 0.0733. The molecule has 3 heteroatoms. The fourth-order valence-electron chi connectivity index (χ4n) is 4.01. The average Bonchev–Trinajstić information content (AvgIpc) is 3.12. The highest BCUT2D eigenvalue weighted by molar-refractivity contribution is 5.96. The van der Waals surface area contributed by atoms with Crippen LogP contribution in [0.4, 0.5) is 0 Å². The topological polar surface area (TPSA) is 36.1 Å². The number of fused-ring (bicyclic) bond motifs is 3. The van der Waals surface area contributed by atoms with Crippen LogP contribution in [-0.2, 0) is 13.0 Å². The molecule has 0 saturated heterocycles. The molecule has 1 aliphatic heterocycles. The number of carbonyl (C=O) groups excluding carboxylic acids is 1. The number of amides is 1. The summed E-state index contributed by atoms with van der Waals surface area (Å²) >= 11 is 0. The maximum atomic E-state index is 13.1. The molecule has 132 valence electrons. The van der Waals surface area contributed by atoms with Crippen LogP contribution in [0.2, 0.25) is 0 Å². The molecule has 0 aliphatic carbocycles. The second kappa shape index (κ2) is 6.44. The summed E-state index contributed by atoms with van der Waals surface area (Å²) in [7, 11) is 0. The number of carbonyl (C=O) groups is 1. The number of H-pyrrole nitrogens is 1. The molecule has 0 unspecified atom stereocenters. The zero-order chi connectivity index (χ0) is 18.2. The van der Waals surface area contributed by atoms with E-state index in [1.54, 1.807) is 0 Å². The van der Waals surface area contributed by atoms with Gasteiger partial charge in [0.2, 0.25) is 0 Å². The van der Waals surface area contributed by atoms with Crippen LogP contribution in [0.25, 0.3) is 22.0 Å². The van der Waals surface area contributed by atoms with E-state index in [1.807, 2.05) is 47.4 Å². The Morgan fingerprint density at radius 2 is 1.63 bits per heavy atom. The number of benzene rings is 3. The summed E-state index contributed by atoms with van der Waals surface area (Å²) in [6, 6.07) is 26.5. The van der Waals surface area contributed by atoms with E-state index < -0.39 is 0 Å². The Balaban J connectivity index is 1.43. The average molecular weight is 352 g/mol. The number of aromatic amines is 1. The first-order valence-corrected chi connectivity index (χ1v) is 9.33. The van der Waals surface area contributed by atoms with Crippen molar-refractivity contribution in [3.63, 3.8) is 0 Å². The molecule has 1 aliphatic rings. The van der Waals surface area contributed by atoms with Gasteiger partial charge in [0.15, 0.2) is 0 Å². The van der Waals surface area contributed by atoms with Gasteiger partial charge in [-0.25, -0.2) is 0 Å². The summed E-state index contributed by atoms with van der Waals surface area (Å²) in [5.41, 5.74) is 6.62. The van der Waals surface area contributed by atoms with Crippen molar-refractivity contribution in [2.45, 2.75) is 13.0 Å². The van der Waals surface area contributed by atoms with Crippen molar-refractivity contribution in [1.29, 1.82) is 0 Å². The molecule has 0 fully saturated rings. The quantitative estimate of drug-likeness (QED) is 0.539. The van der Waals surface area contributed by atoms with E-state index in [9.17, 15) is 4.79 Å². The van der Waals surface area contributed by atoms with Crippen LogP contribution in [0.5, 0.6) is 0 Å². The molecule has 3 nitrogen and oxygen atoms in total. The second-order valence-corrected chi connectivity index (χ2v) is 7.05. The Morgan fingerprint density at radius 1 is 0.852 bits per heavy atom. The van der Waals surface area contributed by atoms with E-state index in [-0.39, 0.29) is 5.91 Å². The Kier molecular flexibility index (Phi) is 3.79. The van der Waals surface area contributed by atoms with Crippen LogP contribution in [0.15, 0.2) is 78.9 Å². The highest BCUT2D eigenvalue weighted by atomic mass is 16.2. The van der Waals surface area contributed by atoms with Gasteiger partial charge < -0.3 is 9.88 Å². The van der Waals surface area contributed by atoms with Gasteiger partial charge in [0, 0.05) is 28.7 Å². The third-order valence-corrected chi connectivity index (χ3v) is 5.39. The summed E-state index contributed by atoms with van der Waals surface area (Å²) in [5, 5.41) is 1.28. The summed E-state index contributed by atoms with van der Waals surface area (Å²) in [6.07, 6.45) is 0.892. The molecular formula is C24H20N2O. The van der Waals surface area contributed by atoms with Gasteiger partial charge in [-0.15, -0.1) is 0 Å². The van der Waals surface area contributed by atoms with Gasteiger partial charge in [-0.1, -0.05) is 60.7 Å². The third-order valence-electron chi connectivity index (χ3n) is 5.39. The summed E-state index contributed by atoms with van der Waals surface area (Å²) in [4.78, 5) is 18.6. The van der Waals surface area contributed by atoms with E-state index in [2.05, 4.69) is 41.4 Å². The molecule has 1 aromatic heterocycles. The third kappa shape index (κ3) is 2.81. The molecule has 3 aromatic carbocycles. The SMILES string of the molecule is O=C(c1cccc(-c2ccccc2)c1)N1CCc2c([nH]c3ccccc23)C1. The Morgan fingerprint density at radius 3 is 2.52 bits per heavy atom. The second-order valence-electron chi connectivity index (χ2n) is 7.05. The zero-order valence-electron chi connectivity index (χ0n) is 15.0. The number of hydrogen-bond acceptors (Lipinski definition) is 1. The highest BCUT2D eigenvalue weighted by Crippen LogP contribution is 2.28. The maximum Gasteiger partial charge on any atom is 0.254 e. The van der Waals surface area contributed by atoms with Crippen LogP contribution in [0.3, 0.4) is 0 Å². The van der Waals surface area contributed by atoms with E-state index in [4.69, 9.17) is 0 Å². The van der Waals surface area contributed by atoms with E-state index in [0.717, 1.165) is 40.9 Å². The molecule has 0 spiro atoms. The number of aromatic nitrogens is 1. The number of para-hydroxylation sites is 1. The van der Waals surface area contributed by atoms with Crippen LogP contribution >= 0.6 is 0 Å². The minimum atomic E-state index is 0.0945. The van der Waals surface area contributed by atoms with Gasteiger partial charge in [0.05, 0.1) is 6.54 Å². The predicted molar refractivity (Wildman–Crippen MR) is 109 cm³/mol. The van der Waals surface area contributed by atoms with Gasteiger partial charge in [0.1, 0.15) is 0 Å². The van der Waals surface area contributed by atoms with Crippen molar-refractivity contribution in [1.82, 2.24) is 9.88 Å². The summed E-state index contributed by atoms with van der Waals surface area (Å²) in [6.45, 7) is 1.39. The molecule has 4 aromatic rings. The van der Waals surface area contributed by atoms with Gasteiger partial charge in [-0.2, -0.15) is 0 Å². The van der Waals surface area contributed by atoms with Crippen molar-refractivity contribution in [2.75, 3.05) is 6.54 Å². The smallest absolute Gasteiger partial charge is 0.254 e. The van der Waals surface area contributed by atoms with Gasteiger partial charge in [-0.05, 0) is 41.3 Å². The maximum absolute atomic E-state index is 13.1. The van der Waals surface area contributed by atoms with Crippen LogP contribution in [0.1, 0.15) is 21.6 Å². The first kappa shape index (κ1) is 15.9. The van der Waals surface area contributed by atoms with Crippen molar-refractivity contribution in [2.24, 2.45) is 0 Å². The lowest BCUT2D eigenvalue weighted by atomic mass is 10.0. The normalized spacial score (nSPS) is 13.6. The molecule has 0 saturated carbocycles. The standard InChI is InChI=1S/C24H20N2O/c27-24(19-10-6-9-18(15-19)17-7-2-1-3-8-17)26-14-13-21-20-11-4-5-12-22(20)25-23(21)16-26/h1-12,15,25H,13-14,16H2. The van der Waals surface area contributed by atoms with Crippen molar-refractivity contribution in [3.8, 4) is 11.1 Å². The summed E-state index contributed by atoms with van der Waals surface area (Å²) in [5.74, 6) is 0.0945. The number of nitrogens with one attached hydrogen (secondary N) is 1. The lowest BCUT2D eigenvalue weighted by Crippen LogP contribution is -2.35. The Labute approximate surface area is 158 Å². The minimum absolute atomic E-state index is 0.0945. The summed E-state index contributed by atoms with van der Waals surface area (Å²) < 4.78 is 0. The van der Waals surface area contributed by atoms with Crippen LogP contribution in [-0.4, -0.2) is 22.3 Å². The molecule has 5 rings (SSSR count). The largest absolute Gasteiger partial charge is 0.357 e. The number of hydrogen-bond donors (Lipinski definition) is 1. The number of rotatable bonds is 2. The van der Waals surface area contributed by atoms with Gasteiger partial charge in [0.25, 0.3) is 5.91 Å². The molecule has 0 radical (unpaired) electrons. The fourth-order valence-corrected chi connectivity index (χ4v) is 4.01. The van der Waals surface area contributed by atoms with E-state index in [1.165, 1.54) is 10.9 Å². The molecule has 0 bridgehead atoms. The molecule has 27 heavy (non-hydrogen) atoms. The van der Waals surface area contributed by atoms with Crippen LogP contribution < -0.4 is 0 Å². The fraction of sp³-hybridized carbons (Fsp3) is 0.125. The predicted octanol–water partition coefficient (Wildman–Crippen LogP) is 5.03. The molecule has 1 N–H and O–H groups in total. The van der Waals surface area contributed by atoms with Gasteiger partial charge in [-0.3, -0.25) is 4.79 Å². The van der Waals surface area contributed by atoms with Gasteiger partial charge >= 0.3 is 0 Å². The van der Waals surface area contributed by atoms with Crippen molar-refractivity contribution >= 4 is 16.8 Å². The molecular weight excluding hydrogens is 332 g/mol. The zero-order valence-corrected chi connectivity index (χ0v) is 15.0. The Hall–Kier alpha value is -3.33.